The van der Waals surface area contributed by atoms with Gasteiger partial charge in [0.15, 0.2) is 11.5 Å². The van der Waals surface area contributed by atoms with Crippen molar-refractivity contribution in [3.8, 4) is 11.5 Å². The normalized spacial score (nSPS) is 14.6. The predicted molar refractivity (Wildman–Crippen MR) is 76.5 cm³/mol. The third-order valence-corrected chi connectivity index (χ3v) is 3.06. The Bertz CT molecular complexity index is 511. The highest BCUT2D eigenvalue weighted by atomic mass is 16.5. The van der Waals surface area contributed by atoms with Crippen molar-refractivity contribution in [1.29, 1.82) is 0 Å². The van der Waals surface area contributed by atoms with Crippen LogP contribution in [-0.4, -0.2) is 30.8 Å². The Hall–Kier alpha value is -2.17. The largest absolute Gasteiger partial charge is 0.490 e. The molecular formula is C15H19NO4. The first kappa shape index (κ1) is 14.2. The number of carboxylic acids is 1. The lowest BCUT2D eigenvalue weighted by Crippen LogP contribution is -2.05. The Morgan fingerprint density at radius 2 is 2.10 bits per heavy atom. The van der Waals surface area contributed by atoms with Crippen molar-refractivity contribution in [2.75, 3.05) is 25.1 Å². The summed E-state index contributed by atoms with van der Waals surface area (Å²) in [5.74, 6) is 0.613. The van der Waals surface area contributed by atoms with Crippen molar-refractivity contribution in [3.05, 3.63) is 29.8 Å². The van der Waals surface area contributed by atoms with Gasteiger partial charge in [0, 0.05) is 30.3 Å². The minimum absolute atomic E-state index is 0.409. The molecular weight excluding hydrogens is 258 g/mol. The maximum absolute atomic E-state index is 10.9. The summed E-state index contributed by atoms with van der Waals surface area (Å²) in [4.78, 5) is 10.9. The highest BCUT2D eigenvalue weighted by Crippen LogP contribution is 2.32. The van der Waals surface area contributed by atoms with Crippen LogP contribution in [0.2, 0.25) is 0 Å². The SMILES string of the molecule is CC/C(=C/CNc1ccc2c(c1)OCCCO2)C(=O)O. The molecule has 0 atom stereocenters. The molecule has 1 aromatic carbocycles. The molecule has 0 spiro atoms. The van der Waals surface area contributed by atoms with Gasteiger partial charge in [-0.05, 0) is 18.6 Å². The van der Waals surface area contributed by atoms with Crippen LogP contribution in [0.4, 0.5) is 5.69 Å². The van der Waals surface area contributed by atoms with E-state index in [9.17, 15) is 4.79 Å². The van der Waals surface area contributed by atoms with E-state index in [0.29, 0.717) is 31.8 Å². The van der Waals surface area contributed by atoms with Gasteiger partial charge in [-0.3, -0.25) is 0 Å². The highest BCUT2D eigenvalue weighted by Gasteiger charge is 2.10. The summed E-state index contributed by atoms with van der Waals surface area (Å²) < 4.78 is 11.2. The van der Waals surface area contributed by atoms with Gasteiger partial charge < -0.3 is 19.9 Å². The molecule has 2 N–H and O–H groups in total. The average molecular weight is 277 g/mol. The van der Waals surface area contributed by atoms with E-state index >= 15 is 0 Å². The highest BCUT2D eigenvalue weighted by molar-refractivity contribution is 5.86. The van der Waals surface area contributed by atoms with Crippen LogP contribution in [0.1, 0.15) is 19.8 Å². The van der Waals surface area contributed by atoms with Gasteiger partial charge in [-0.25, -0.2) is 4.79 Å². The molecule has 0 saturated carbocycles. The lowest BCUT2D eigenvalue weighted by molar-refractivity contribution is -0.132. The number of carboxylic acid groups (broad SMARTS) is 1. The van der Waals surface area contributed by atoms with E-state index in [1.54, 1.807) is 6.08 Å². The number of fused-ring (bicyclic) bond motifs is 1. The van der Waals surface area contributed by atoms with Crippen molar-refractivity contribution in [1.82, 2.24) is 0 Å². The molecule has 1 aromatic rings. The van der Waals surface area contributed by atoms with E-state index in [0.717, 1.165) is 23.6 Å². The minimum Gasteiger partial charge on any atom is -0.490 e. The minimum atomic E-state index is -0.868. The van der Waals surface area contributed by atoms with Crippen LogP contribution >= 0.6 is 0 Å². The first-order valence-electron chi connectivity index (χ1n) is 6.76. The molecule has 0 aromatic heterocycles. The zero-order valence-corrected chi connectivity index (χ0v) is 11.5. The Morgan fingerprint density at radius 3 is 2.80 bits per heavy atom. The zero-order valence-electron chi connectivity index (χ0n) is 11.5. The molecule has 20 heavy (non-hydrogen) atoms. The first-order chi connectivity index (χ1) is 9.70. The number of anilines is 1. The third kappa shape index (κ3) is 3.66. The molecule has 108 valence electrons. The fourth-order valence-electron chi connectivity index (χ4n) is 1.95. The average Bonchev–Trinajstić information content (AvgIpc) is 2.67. The van der Waals surface area contributed by atoms with Gasteiger partial charge in [-0.15, -0.1) is 0 Å². The number of aliphatic carboxylic acids is 1. The molecule has 0 amide bonds. The molecule has 1 heterocycles. The fourth-order valence-corrected chi connectivity index (χ4v) is 1.95. The van der Waals surface area contributed by atoms with E-state index in [1.807, 2.05) is 25.1 Å². The molecule has 0 saturated heterocycles. The van der Waals surface area contributed by atoms with Gasteiger partial charge in [0.1, 0.15) is 0 Å². The van der Waals surface area contributed by atoms with Crippen LogP contribution < -0.4 is 14.8 Å². The van der Waals surface area contributed by atoms with E-state index in [2.05, 4.69) is 5.32 Å². The maximum atomic E-state index is 10.9. The van der Waals surface area contributed by atoms with Crippen LogP contribution in [0.3, 0.4) is 0 Å². The molecule has 5 heteroatoms. The van der Waals surface area contributed by atoms with Crippen molar-refractivity contribution in [2.24, 2.45) is 0 Å². The number of ether oxygens (including phenoxy) is 2. The number of hydrogen-bond acceptors (Lipinski definition) is 4. The molecule has 5 nitrogen and oxygen atoms in total. The van der Waals surface area contributed by atoms with Gasteiger partial charge >= 0.3 is 5.97 Å². The molecule has 0 bridgehead atoms. The smallest absolute Gasteiger partial charge is 0.331 e. The molecule has 0 aliphatic carbocycles. The monoisotopic (exact) mass is 277 g/mol. The number of carbonyl (C=O) groups is 1. The maximum Gasteiger partial charge on any atom is 0.331 e. The summed E-state index contributed by atoms with van der Waals surface area (Å²) in [7, 11) is 0. The topological polar surface area (TPSA) is 67.8 Å². The van der Waals surface area contributed by atoms with Gasteiger partial charge in [0.05, 0.1) is 13.2 Å². The quantitative estimate of drug-likeness (QED) is 0.810. The predicted octanol–water partition coefficient (Wildman–Crippen LogP) is 2.68. The Balaban J connectivity index is 2.00. The lowest BCUT2D eigenvalue weighted by atomic mass is 10.2. The first-order valence-corrected chi connectivity index (χ1v) is 6.76. The van der Waals surface area contributed by atoms with Gasteiger partial charge in [0.2, 0.25) is 0 Å². The van der Waals surface area contributed by atoms with Crippen molar-refractivity contribution >= 4 is 11.7 Å². The van der Waals surface area contributed by atoms with E-state index in [4.69, 9.17) is 14.6 Å². The molecule has 0 unspecified atom stereocenters. The summed E-state index contributed by atoms with van der Waals surface area (Å²) in [6.07, 6.45) is 3.07. The second-order valence-corrected chi connectivity index (χ2v) is 4.48. The van der Waals surface area contributed by atoms with Crippen LogP contribution in [-0.2, 0) is 4.79 Å². The standard InChI is InChI=1S/C15H19NO4/c1-2-11(15(17)18)6-7-16-12-4-5-13-14(10-12)20-9-3-8-19-13/h4-6,10,16H,2-3,7-9H2,1H3,(H,17,18)/b11-6-. The second kappa shape index (κ2) is 6.84. The van der Waals surface area contributed by atoms with Crippen LogP contribution in [0.25, 0.3) is 0 Å². The van der Waals surface area contributed by atoms with Crippen LogP contribution in [0.5, 0.6) is 11.5 Å². The summed E-state index contributed by atoms with van der Waals surface area (Å²) >= 11 is 0. The number of hydrogen-bond donors (Lipinski definition) is 2. The molecule has 1 aliphatic rings. The summed E-state index contributed by atoms with van der Waals surface area (Å²) in [6.45, 7) is 3.61. The molecule has 1 aliphatic heterocycles. The van der Waals surface area contributed by atoms with Crippen molar-refractivity contribution in [3.63, 3.8) is 0 Å². The van der Waals surface area contributed by atoms with Gasteiger partial charge in [0.25, 0.3) is 0 Å². The lowest BCUT2D eigenvalue weighted by Gasteiger charge is -2.10. The molecule has 2 rings (SSSR count). The summed E-state index contributed by atoms with van der Waals surface area (Å²) in [5.41, 5.74) is 1.29. The summed E-state index contributed by atoms with van der Waals surface area (Å²) in [5, 5.41) is 12.1. The Kier molecular flexibility index (Phi) is 4.87. The Morgan fingerprint density at radius 1 is 1.35 bits per heavy atom. The Labute approximate surface area is 118 Å². The van der Waals surface area contributed by atoms with Crippen LogP contribution in [0.15, 0.2) is 29.8 Å². The van der Waals surface area contributed by atoms with E-state index < -0.39 is 5.97 Å². The van der Waals surface area contributed by atoms with Crippen molar-refractivity contribution < 1.29 is 19.4 Å². The van der Waals surface area contributed by atoms with Crippen molar-refractivity contribution in [2.45, 2.75) is 19.8 Å². The number of nitrogens with one attached hydrogen (secondary N) is 1. The number of rotatable bonds is 5. The molecule has 0 radical (unpaired) electrons. The fraction of sp³-hybridized carbons (Fsp3) is 0.400. The van der Waals surface area contributed by atoms with E-state index in [-0.39, 0.29) is 0 Å². The van der Waals surface area contributed by atoms with Crippen LogP contribution in [0, 0.1) is 0 Å². The second-order valence-electron chi connectivity index (χ2n) is 4.48. The zero-order chi connectivity index (χ0) is 14.4. The van der Waals surface area contributed by atoms with Gasteiger partial charge in [-0.2, -0.15) is 0 Å². The number of benzene rings is 1. The molecule has 0 fully saturated rings. The third-order valence-electron chi connectivity index (χ3n) is 3.06. The summed E-state index contributed by atoms with van der Waals surface area (Å²) in [6, 6.07) is 5.64. The van der Waals surface area contributed by atoms with E-state index in [1.165, 1.54) is 0 Å². The van der Waals surface area contributed by atoms with Gasteiger partial charge in [-0.1, -0.05) is 13.0 Å².